The largest absolute Gasteiger partial charge is 0.436 e. The topological polar surface area (TPSA) is 90.9 Å². The number of ether oxygens (including phenoxy) is 8. The summed E-state index contributed by atoms with van der Waals surface area (Å²) in [5, 5.41) is 0. The maximum Gasteiger partial charge on any atom is 0.304 e. The number of hydrogen-bond acceptors (Lipinski definition) is 9. The summed E-state index contributed by atoms with van der Waals surface area (Å²) >= 11 is 0. The van der Waals surface area contributed by atoms with Gasteiger partial charge in [0.1, 0.15) is 0 Å². The Bertz CT molecular complexity index is 1000. The lowest BCUT2D eigenvalue weighted by atomic mass is 9.78. The molecule has 0 aromatic carbocycles. The molecule has 4 aliphatic rings. The van der Waals surface area contributed by atoms with Crippen LogP contribution in [0.15, 0.2) is 0 Å². The van der Waals surface area contributed by atoms with Crippen LogP contribution in [-0.4, -0.2) is 73.9 Å². The van der Waals surface area contributed by atoms with Crippen LogP contribution in [0.2, 0.25) is 0 Å². The first-order valence-corrected chi connectivity index (χ1v) is 19.4. The molecule has 4 saturated heterocycles. The fraction of sp³-hybridized carbons (Fsp3) is 0.974. The minimum atomic E-state index is -0.567. The monoisotopic (exact) mass is 683 g/mol. The highest BCUT2D eigenvalue weighted by molar-refractivity contribution is 5.66. The van der Waals surface area contributed by atoms with Gasteiger partial charge in [-0.3, -0.25) is 4.79 Å². The number of hydrogen-bond donors (Lipinski definition) is 0. The molecular weight excluding hydrogens is 612 g/mol. The molecule has 4 rings (SSSR count). The molecule has 0 radical (unpaired) electrons. The van der Waals surface area contributed by atoms with Crippen molar-refractivity contribution in [2.45, 2.75) is 191 Å². The Kier molecular flexibility index (Phi) is 14.3. The molecule has 0 aliphatic carbocycles. The van der Waals surface area contributed by atoms with Crippen LogP contribution in [0.1, 0.15) is 123 Å². The zero-order valence-corrected chi connectivity index (χ0v) is 32.5. The summed E-state index contributed by atoms with van der Waals surface area (Å²) in [7, 11) is 0. The third kappa shape index (κ3) is 8.29. The van der Waals surface area contributed by atoms with E-state index in [1.807, 2.05) is 0 Å². The van der Waals surface area contributed by atoms with Gasteiger partial charge in [-0.05, 0) is 55.3 Å². The summed E-state index contributed by atoms with van der Waals surface area (Å²) in [5.41, 5.74) is 0. The van der Waals surface area contributed by atoms with Crippen molar-refractivity contribution in [3.63, 3.8) is 0 Å². The van der Waals surface area contributed by atoms with Gasteiger partial charge in [-0.1, -0.05) is 90.0 Å². The van der Waals surface area contributed by atoms with Gasteiger partial charge in [-0.25, -0.2) is 0 Å². The van der Waals surface area contributed by atoms with E-state index in [2.05, 4.69) is 90.0 Å². The highest BCUT2D eigenvalue weighted by atomic mass is 16.7. The summed E-state index contributed by atoms with van der Waals surface area (Å²) in [6, 6.07) is 0. The smallest absolute Gasteiger partial charge is 0.304 e. The average molecular weight is 683 g/mol. The van der Waals surface area contributed by atoms with Crippen molar-refractivity contribution in [2.24, 2.45) is 53.3 Å². The molecule has 9 nitrogen and oxygen atoms in total. The van der Waals surface area contributed by atoms with E-state index in [1.54, 1.807) is 0 Å². The lowest BCUT2D eigenvalue weighted by Crippen LogP contribution is -2.59. The van der Waals surface area contributed by atoms with Crippen LogP contribution < -0.4 is 0 Å². The molecule has 4 heterocycles. The minimum absolute atomic E-state index is 0.00441. The van der Waals surface area contributed by atoms with Crippen molar-refractivity contribution < 1.29 is 42.7 Å². The Morgan fingerprint density at radius 3 is 1.04 bits per heavy atom. The summed E-state index contributed by atoms with van der Waals surface area (Å²) in [6.07, 6.45) is 1.24. The zero-order chi connectivity index (χ0) is 35.6. The molecule has 4 fully saturated rings. The summed E-state index contributed by atoms with van der Waals surface area (Å²) in [6.45, 7) is 30.1. The molecule has 0 N–H and O–H groups in total. The number of carbonyl (C=O) groups excluding carboxylic acids is 1. The van der Waals surface area contributed by atoms with E-state index in [9.17, 15) is 4.79 Å². The number of esters is 1. The Morgan fingerprint density at radius 1 is 0.417 bits per heavy atom. The first kappa shape index (κ1) is 40.0. The molecule has 0 aromatic rings. The molecule has 0 saturated carbocycles. The standard InChI is InChI=1S/C39H70O9/c1-15-29-20(6)19(5)24(10)37(42-29)46-34-22(8)26(12)39(44-31(34)17-3)48-35-23(9)27(13)38(45-32(35)18-4)47-33-21(7)25(11)36(41-28(14)40)43-30(33)16-2/h19-27,29-39H,15-18H2,1-14H3/t19-,20-,21?,22?,23+,24?,25?,26?,27?,29?,30-,31-,32?,33-,34-,35-,36?,37-,38-,39-/m0/s1. The molecule has 9 heteroatoms. The van der Waals surface area contributed by atoms with Gasteiger partial charge in [-0.2, -0.15) is 0 Å². The van der Waals surface area contributed by atoms with E-state index in [1.165, 1.54) is 6.92 Å². The lowest BCUT2D eigenvalue weighted by molar-refractivity contribution is -0.358. The lowest BCUT2D eigenvalue weighted by Gasteiger charge is -2.51. The predicted octanol–water partition coefficient (Wildman–Crippen LogP) is 7.97. The summed E-state index contributed by atoms with van der Waals surface area (Å²) in [4.78, 5) is 11.7. The number of carbonyl (C=O) groups is 1. The normalized spacial score (nSPS) is 50.2. The quantitative estimate of drug-likeness (QED) is 0.201. The molecule has 0 aromatic heterocycles. The first-order valence-electron chi connectivity index (χ1n) is 19.4. The van der Waals surface area contributed by atoms with Crippen LogP contribution in [-0.2, 0) is 42.7 Å². The highest BCUT2D eigenvalue weighted by Gasteiger charge is 2.51. The first-order chi connectivity index (χ1) is 22.7. The second-order valence-corrected chi connectivity index (χ2v) is 15.9. The van der Waals surface area contributed by atoms with Gasteiger partial charge >= 0.3 is 5.97 Å². The SMILES string of the molecule is CCC1O[C@@H](O[C@H]2C(C)C(C)[C@H](O[C@@H]3C(CC)O[C@@H](O[C@H]4C(C)C(C)C(OC(C)=O)O[C@H]4CC)C(C)[C@H]3C)O[C@H]2CC)C(C)[C@@H](C)[C@@H]1C. The van der Waals surface area contributed by atoms with Crippen molar-refractivity contribution in [2.75, 3.05) is 0 Å². The van der Waals surface area contributed by atoms with Crippen LogP contribution in [0.5, 0.6) is 0 Å². The maximum absolute atomic E-state index is 11.7. The van der Waals surface area contributed by atoms with Crippen LogP contribution in [0.4, 0.5) is 0 Å². The van der Waals surface area contributed by atoms with E-state index in [0.717, 1.165) is 25.7 Å². The van der Waals surface area contributed by atoms with Crippen LogP contribution in [0.3, 0.4) is 0 Å². The van der Waals surface area contributed by atoms with Gasteiger partial charge in [0, 0.05) is 30.6 Å². The highest BCUT2D eigenvalue weighted by Crippen LogP contribution is 2.44. The van der Waals surface area contributed by atoms with Crippen molar-refractivity contribution in [3.8, 4) is 0 Å². The van der Waals surface area contributed by atoms with Gasteiger partial charge in [0.2, 0.25) is 6.29 Å². The van der Waals surface area contributed by atoms with E-state index >= 15 is 0 Å². The molecule has 280 valence electrons. The van der Waals surface area contributed by atoms with Crippen LogP contribution in [0.25, 0.3) is 0 Å². The summed E-state index contributed by atoms with van der Waals surface area (Å²) in [5.74, 6) is 1.74. The van der Waals surface area contributed by atoms with Crippen molar-refractivity contribution in [1.29, 1.82) is 0 Å². The molecule has 20 atom stereocenters. The Balaban J connectivity index is 1.43. The van der Waals surface area contributed by atoms with Crippen LogP contribution >= 0.6 is 0 Å². The Morgan fingerprint density at radius 2 is 0.708 bits per heavy atom. The molecular formula is C39H70O9. The molecule has 4 aliphatic heterocycles. The predicted molar refractivity (Wildman–Crippen MR) is 185 cm³/mol. The van der Waals surface area contributed by atoms with Crippen molar-refractivity contribution in [3.05, 3.63) is 0 Å². The van der Waals surface area contributed by atoms with E-state index in [4.69, 9.17) is 37.9 Å². The van der Waals surface area contributed by atoms with E-state index < -0.39 is 12.6 Å². The van der Waals surface area contributed by atoms with Gasteiger partial charge < -0.3 is 37.9 Å². The zero-order valence-electron chi connectivity index (χ0n) is 32.5. The van der Waals surface area contributed by atoms with Gasteiger partial charge in [0.15, 0.2) is 18.9 Å². The third-order valence-electron chi connectivity index (χ3n) is 13.1. The fourth-order valence-corrected chi connectivity index (χ4v) is 8.58. The molecule has 0 spiro atoms. The Labute approximate surface area is 292 Å². The second kappa shape index (κ2) is 17.1. The van der Waals surface area contributed by atoms with Gasteiger partial charge in [-0.15, -0.1) is 0 Å². The number of rotatable bonds is 11. The molecule has 0 amide bonds. The van der Waals surface area contributed by atoms with Gasteiger partial charge in [0.25, 0.3) is 0 Å². The third-order valence-corrected chi connectivity index (χ3v) is 13.1. The average Bonchev–Trinajstić information content (AvgIpc) is 3.06. The molecule has 0 bridgehead atoms. The van der Waals surface area contributed by atoms with E-state index in [0.29, 0.717) is 17.8 Å². The molecule has 9 unspecified atom stereocenters. The fourth-order valence-electron chi connectivity index (χ4n) is 8.58. The van der Waals surface area contributed by atoms with Crippen molar-refractivity contribution in [1.82, 2.24) is 0 Å². The van der Waals surface area contributed by atoms with Crippen molar-refractivity contribution >= 4 is 5.97 Å². The Hall–Kier alpha value is -0.810. The summed E-state index contributed by atoms with van der Waals surface area (Å²) < 4.78 is 52.5. The second-order valence-electron chi connectivity index (χ2n) is 15.9. The van der Waals surface area contributed by atoms with Gasteiger partial charge in [0.05, 0.1) is 42.7 Å². The molecule has 48 heavy (non-hydrogen) atoms. The maximum atomic E-state index is 11.7. The van der Waals surface area contributed by atoms with Crippen LogP contribution in [0, 0.1) is 53.3 Å². The minimum Gasteiger partial charge on any atom is -0.436 e. The van der Waals surface area contributed by atoms with E-state index in [-0.39, 0.29) is 96.8 Å².